The number of rotatable bonds is 6. The Balaban J connectivity index is 2.04. The molecule has 0 aliphatic rings. The zero-order chi connectivity index (χ0) is 16.8. The van der Waals surface area contributed by atoms with Gasteiger partial charge in [-0.2, -0.15) is 0 Å². The maximum absolute atomic E-state index is 11.9. The molecule has 8 heteroatoms. The number of nitro groups is 1. The van der Waals surface area contributed by atoms with Crippen LogP contribution in [-0.4, -0.2) is 23.3 Å². The minimum atomic E-state index is -0.680. The van der Waals surface area contributed by atoms with Crippen LogP contribution in [0.4, 0.5) is 11.4 Å². The number of nitro benzene ring substituents is 1. The average Bonchev–Trinajstić information content (AvgIpc) is 2.53. The number of nitrogens with two attached hydrogens (primary N) is 1. The van der Waals surface area contributed by atoms with Crippen molar-refractivity contribution in [2.45, 2.75) is 0 Å². The summed E-state index contributed by atoms with van der Waals surface area (Å²) in [4.78, 5) is 33.4. The Labute approximate surface area is 131 Å². The van der Waals surface area contributed by atoms with Crippen LogP contribution in [0.15, 0.2) is 48.5 Å². The monoisotopic (exact) mass is 315 g/mol. The number of primary amides is 1. The lowest BCUT2D eigenvalue weighted by atomic mass is 10.1. The standard InChI is InChI=1S/C15H13N3O5/c16-15(20)10-5-1-2-6-11(10)17-14(19)9-23-13-8-4-3-7-12(13)18(21)22/h1-8H,9H2,(H2,16,20)(H,17,19). The first kappa shape index (κ1) is 16.0. The van der Waals surface area contributed by atoms with Gasteiger partial charge in [-0.3, -0.25) is 19.7 Å². The van der Waals surface area contributed by atoms with Crippen LogP contribution in [-0.2, 0) is 4.79 Å². The van der Waals surface area contributed by atoms with E-state index >= 15 is 0 Å². The molecule has 0 saturated carbocycles. The predicted octanol–water partition coefficient (Wildman–Crippen LogP) is 1.71. The summed E-state index contributed by atoms with van der Waals surface area (Å²) in [6, 6.07) is 11.9. The van der Waals surface area contributed by atoms with Gasteiger partial charge in [0.25, 0.3) is 11.8 Å². The maximum Gasteiger partial charge on any atom is 0.310 e. The smallest absolute Gasteiger partial charge is 0.310 e. The molecular weight excluding hydrogens is 302 g/mol. The van der Waals surface area contributed by atoms with E-state index in [4.69, 9.17) is 10.5 Å². The lowest BCUT2D eigenvalue weighted by molar-refractivity contribution is -0.385. The van der Waals surface area contributed by atoms with Crippen molar-refractivity contribution in [3.8, 4) is 5.75 Å². The Kier molecular flexibility index (Phi) is 4.88. The number of ether oxygens (including phenoxy) is 1. The molecule has 0 spiro atoms. The predicted molar refractivity (Wildman–Crippen MR) is 82.2 cm³/mol. The molecule has 2 rings (SSSR count). The molecule has 0 aliphatic heterocycles. The number of anilines is 1. The Bertz CT molecular complexity index is 760. The van der Waals surface area contributed by atoms with Crippen molar-refractivity contribution < 1.29 is 19.2 Å². The average molecular weight is 315 g/mol. The highest BCUT2D eigenvalue weighted by molar-refractivity contribution is 6.03. The quantitative estimate of drug-likeness (QED) is 0.620. The number of nitrogens with zero attached hydrogens (tertiary/aromatic N) is 1. The van der Waals surface area contributed by atoms with Crippen molar-refractivity contribution in [3.63, 3.8) is 0 Å². The normalized spacial score (nSPS) is 9.91. The Morgan fingerprint density at radius 2 is 1.78 bits per heavy atom. The van der Waals surface area contributed by atoms with E-state index in [1.165, 1.54) is 30.3 Å². The van der Waals surface area contributed by atoms with E-state index in [0.717, 1.165) is 0 Å². The SMILES string of the molecule is NC(=O)c1ccccc1NC(=O)COc1ccccc1[N+](=O)[O-]. The van der Waals surface area contributed by atoms with Crippen LogP contribution in [0.25, 0.3) is 0 Å². The minimum Gasteiger partial charge on any atom is -0.477 e. The van der Waals surface area contributed by atoms with Crippen LogP contribution < -0.4 is 15.8 Å². The molecule has 2 aromatic rings. The fourth-order valence-corrected chi connectivity index (χ4v) is 1.87. The molecule has 0 atom stereocenters. The van der Waals surface area contributed by atoms with Gasteiger partial charge in [0.05, 0.1) is 16.2 Å². The van der Waals surface area contributed by atoms with E-state index in [-0.39, 0.29) is 22.7 Å². The van der Waals surface area contributed by atoms with Crippen molar-refractivity contribution in [2.24, 2.45) is 5.73 Å². The van der Waals surface area contributed by atoms with E-state index in [1.54, 1.807) is 18.2 Å². The van der Waals surface area contributed by atoms with E-state index in [2.05, 4.69) is 5.32 Å². The number of hydrogen-bond donors (Lipinski definition) is 2. The van der Waals surface area contributed by atoms with Crippen molar-refractivity contribution in [1.29, 1.82) is 0 Å². The summed E-state index contributed by atoms with van der Waals surface area (Å²) in [5.74, 6) is -1.27. The van der Waals surface area contributed by atoms with Gasteiger partial charge in [0.2, 0.25) is 0 Å². The molecular formula is C15H13N3O5. The number of nitrogens with one attached hydrogen (secondary N) is 1. The number of hydrogen-bond acceptors (Lipinski definition) is 5. The van der Waals surface area contributed by atoms with Crippen molar-refractivity contribution in [3.05, 3.63) is 64.2 Å². The Morgan fingerprint density at radius 3 is 2.48 bits per heavy atom. The van der Waals surface area contributed by atoms with Crippen molar-refractivity contribution >= 4 is 23.2 Å². The van der Waals surface area contributed by atoms with Gasteiger partial charge in [-0.25, -0.2) is 0 Å². The third-order valence-electron chi connectivity index (χ3n) is 2.89. The second-order valence-electron chi connectivity index (χ2n) is 4.47. The molecule has 0 radical (unpaired) electrons. The lowest BCUT2D eigenvalue weighted by Gasteiger charge is -2.10. The minimum absolute atomic E-state index is 0.0177. The maximum atomic E-state index is 11.9. The molecule has 8 nitrogen and oxygen atoms in total. The third-order valence-corrected chi connectivity index (χ3v) is 2.89. The summed E-state index contributed by atoms with van der Waals surface area (Å²) in [5.41, 5.74) is 5.38. The van der Waals surface area contributed by atoms with Gasteiger partial charge < -0.3 is 15.8 Å². The molecule has 0 unspecified atom stereocenters. The van der Waals surface area contributed by atoms with Crippen molar-refractivity contribution in [1.82, 2.24) is 0 Å². The van der Waals surface area contributed by atoms with Gasteiger partial charge in [-0.15, -0.1) is 0 Å². The fraction of sp³-hybridized carbons (Fsp3) is 0.0667. The first-order valence-corrected chi connectivity index (χ1v) is 6.54. The molecule has 0 fully saturated rings. The summed E-state index contributed by atoms with van der Waals surface area (Å²) < 4.78 is 5.16. The van der Waals surface area contributed by atoms with E-state index in [9.17, 15) is 19.7 Å². The molecule has 0 heterocycles. The topological polar surface area (TPSA) is 125 Å². The number of benzene rings is 2. The van der Waals surface area contributed by atoms with E-state index < -0.39 is 23.3 Å². The largest absolute Gasteiger partial charge is 0.477 e. The highest BCUT2D eigenvalue weighted by Gasteiger charge is 2.16. The zero-order valence-corrected chi connectivity index (χ0v) is 11.9. The first-order valence-electron chi connectivity index (χ1n) is 6.54. The molecule has 0 saturated heterocycles. The molecule has 118 valence electrons. The van der Waals surface area contributed by atoms with Crippen LogP contribution in [0.3, 0.4) is 0 Å². The van der Waals surface area contributed by atoms with Gasteiger partial charge in [0, 0.05) is 6.07 Å². The van der Waals surface area contributed by atoms with Gasteiger partial charge in [0.15, 0.2) is 12.4 Å². The van der Waals surface area contributed by atoms with Gasteiger partial charge in [0.1, 0.15) is 0 Å². The zero-order valence-electron chi connectivity index (χ0n) is 11.9. The van der Waals surface area contributed by atoms with Crippen LogP contribution >= 0.6 is 0 Å². The second-order valence-corrected chi connectivity index (χ2v) is 4.47. The number of para-hydroxylation sites is 3. The van der Waals surface area contributed by atoms with Crippen LogP contribution in [0.1, 0.15) is 10.4 Å². The summed E-state index contributed by atoms with van der Waals surface area (Å²) >= 11 is 0. The number of carbonyl (C=O) groups is 2. The van der Waals surface area contributed by atoms with Gasteiger partial charge >= 0.3 is 5.69 Å². The lowest BCUT2D eigenvalue weighted by Crippen LogP contribution is -2.23. The highest BCUT2D eigenvalue weighted by atomic mass is 16.6. The summed E-state index contributed by atoms with van der Waals surface area (Å²) in [6.07, 6.45) is 0. The third kappa shape index (κ3) is 4.03. The first-order chi connectivity index (χ1) is 11.0. The summed E-state index contributed by atoms with van der Waals surface area (Å²) in [6.45, 7) is -0.446. The van der Waals surface area contributed by atoms with Crippen LogP contribution in [0.2, 0.25) is 0 Å². The van der Waals surface area contributed by atoms with Crippen LogP contribution in [0.5, 0.6) is 5.75 Å². The number of amides is 2. The van der Waals surface area contributed by atoms with Gasteiger partial charge in [-0.05, 0) is 18.2 Å². The molecule has 3 N–H and O–H groups in total. The molecule has 0 aliphatic carbocycles. The van der Waals surface area contributed by atoms with E-state index in [1.807, 2.05) is 0 Å². The molecule has 23 heavy (non-hydrogen) atoms. The highest BCUT2D eigenvalue weighted by Crippen LogP contribution is 2.25. The summed E-state index contributed by atoms with van der Waals surface area (Å²) in [5, 5.41) is 13.3. The second kappa shape index (κ2) is 7.03. The van der Waals surface area contributed by atoms with Crippen LogP contribution in [0, 0.1) is 10.1 Å². The van der Waals surface area contributed by atoms with E-state index in [0.29, 0.717) is 0 Å². The fourth-order valence-electron chi connectivity index (χ4n) is 1.87. The Morgan fingerprint density at radius 1 is 1.13 bits per heavy atom. The Hall–Kier alpha value is -3.42. The molecule has 0 bridgehead atoms. The summed E-state index contributed by atoms with van der Waals surface area (Å²) in [7, 11) is 0. The van der Waals surface area contributed by atoms with Crippen molar-refractivity contribution in [2.75, 3.05) is 11.9 Å². The van der Waals surface area contributed by atoms with Gasteiger partial charge in [-0.1, -0.05) is 24.3 Å². The molecule has 2 amide bonds. The molecule has 2 aromatic carbocycles. The number of carbonyl (C=O) groups excluding carboxylic acids is 2. The molecule has 0 aromatic heterocycles.